The summed E-state index contributed by atoms with van der Waals surface area (Å²) in [7, 11) is 0. The van der Waals surface area contributed by atoms with E-state index in [1.807, 2.05) is 0 Å². The van der Waals surface area contributed by atoms with Gasteiger partial charge >= 0.3 is 0 Å². The van der Waals surface area contributed by atoms with Gasteiger partial charge in [0.05, 0.1) is 17.8 Å². The highest BCUT2D eigenvalue weighted by Crippen LogP contribution is 2.33. The molecule has 0 aromatic carbocycles. The van der Waals surface area contributed by atoms with Crippen molar-refractivity contribution in [1.82, 2.24) is 10.3 Å². The minimum atomic E-state index is -2.78. The van der Waals surface area contributed by atoms with E-state index in [1.165, 1.54) is 17.4 Å². The number of rotatable bonds is 3. The first kappa shape index (κ1) is 16.7. The largest absolute Gasteiger partial charge is 0.396 e. The Kier molecular flexibility index (Phi) is 4.47. The molecule has 1 aliphatic heterocycles. The summed E-state index contributed by atoms with van der Waals surface area (Å²) in [4.78, 5) is 18.2. The van der Waals surface area contributed by atoms with Crippen LogP contribution in [0.2, 0.25) is 0 Å². The molecule has 1 saturated carbocycles. The molecule has 1 aromatic heterocycles. The highest BCUT2D eigenvalue weighted by Gasteiger charge is 2.40. The SMILES string of the molecule is Nc1cc(C(=O)NC2CCCCC2)c(N2CCC(F)(F)C2)nc1N. The highest BCUT2D eigenvalue weighted by molar-refractivity contribution is 6.00. The lowest BCUT2D eigenvalue weighted by Gasteiger charge is -2.25. The van der Waals surface area contributed by atoms with Crippen LogP contribution in [0.4, 0.5) is 26.1 Å². The molecule has 0 unspecified atom stereocenters. The van der Waals surface area contributed by atoms with E-state index in [4.69, 9.17) is 11.5 Å². The zero-order valence-electron chi connectivity index (χ0n) is 13.5. The number of amides is 1. The van der Waals surface area contributed by atoms with Gasteiger partial charge in [0.1, 0.15) is 11.6 Å². The molecule has 3 rings (SSSR count). The predicted octanol–water partition coefficient (Wildman–Crippen LogP) is 2.15. The average molecular weight is 339 g/mol. The van der Waals surface area contributed by atoms with Gasteiger partial charge in [0, 0.05) is 19.0 Å². The number of alkyl halides is 2. The zero-order valence-corrected chi connectivity index (χ0v) is 13.5. The molecule has 0 bridgehead atoms. The second kappa shape index (κ2) is 6.41. The Morgan fingerprint density at radius 2 is 2.00 bits per heavy atom. The third-order valence-corrected chi connectivity index (χ3v) is 4.72. The van der Waals surface area contributed by atoms with E-state index >= 15 is 0 Å². The minimum absolute atomic E-state index is 0.0504. The molecule has 0 spiro atoms. The van der Waals surface area contributed by atoms with Crippen molar-refractivity contribution in [2.24, 2.45) is 0 Å². The van der Waals surface area contributed by atoms with Crippen molar-refractivity contribution in [3.05, 3.63) is 11.6 Å². The molecule has 1 amide bonds. The lowest BCUT2D eigenvalue weighted by atomic mass is 9.95. The molecule has 2 fully saturated rings. The van der Waals surface area contributed by atoms with Gasteiger partial charge in [-0.1, -0.05) is 19.3 Å². The van der Waals surface area contributed by atoms with Crippen molar-refractivity contribution < 1.29 is 13.6 Å². The topological polar surface area (TPSA) is 97.3 Å². The number of hydrogen-bond donors (Lipinski definition) is 3. The molecular weight excluding hydrogens is 316 g/mol. The molecule has 132 valence electrons. The van der Waals surface area contributed by atoms with Gasteiger partial charge in [-0.05, 0) is 18.9 Å². The Morgan fingerprint density at radius 1 is 1.29 bits per heavy atom. The molecule has 2 aliphatic rings. The molecule has 24 heavy (non-hydrogen) atoms. The molecular formula is C16H23F2N5O. The smallest absolute Gasteiger partial charge is 0.266 e. The number of pyridine rings is 1. The Morgan fingerprint density at radius 3 is 2.62 bits per heavy atom. The van der Waals surface area contributed by atoms with E-state index in [-0.39, 0.29) is 47.8 Å². The van der Waals surface area contributed by atoms with Crippen molar-refractivity contribution >= 4 is 23.2 Å². The van der Waals surface area contributed by atoms with Gasteiger partial charge < -0.3 is 21.7 Å². The van der Waals surface area contributed by atoms with Crippen molar-refractivity contribution in [3.8, 4) is 0 Å². The Labute approximate surface area is 139 Å². The first-order valence-electron chi connectivity index (χ1n) is 8.35. The number of carbonyl (C=O) groups excluding carboxylic acids is 1. The first-order valence-corrected chi connectivity index (χ1v) is 8.35. The van der Waals surface area contributed by atoms with Gasteiger partial charge in [0.2, 0.25) is 0 Å². The molecule has 2 heterocycles. The van der Waals surface area contributed by atoms with E-state index in [0.717, 1.165) is 25.7 Å². The van der Waals surface area contributed by atoms with Gasteiger partial charge in [0.15, 0.2) is 0 Å². The number of aromatic nitrogens is 1. The summed E-state index contributed by atoms with van der Waals surface area (Å²) in [6.45, 7) is -0.333. The summed E-state index contributed by atoms with van der Waals surface area (Å²) in [6.07, 6.45) is 4.94. The van der Waals surface area contributed by atoms with Crippen molar-refractivity contribution in [1.29, 1.82) is 0 Å². The van der Waals surface area contributed by atoms with Crippen LogP contribution in [0.3, 0.4) is 0 Å². The normalized spacial score (nSPS) is 21.0. The average Bonchev–Trinajstić information content (AvgIpc) is 2.90. The highest BCUT2D eigenvalue weighted by atomic mass is 19.3. The second-order valence-corrected chi connectivity index (χ2v) is 6.67. The van der Waals surface area contributed by atoms with E-state index in [2.05, 4.69) is 10.3 Å². The molecule has 1 aliphatic carbocycles. The van der Waals surface area contributed by atoms with E-state index in [1.54, 1.807) is 0 Å². The first-order chi connectivity index (χ1) is 11.4. The molecule has 1 saturated heterocycles. The second-order valence-electron chi connectivity index (χ2n) is 6.67. The number of carbonyl (C=O) groups is 1. The molecule has 6 nitrogen and oxygen atoms in total. The van der Waals surface area contributed by atoms with Gasteiger partial charge in [-0.25, -0.2) is 13.8 Å². The summed E-state index contributed by atoms with van der Waals surface area (Å²) in [6, 6.07) is 1.55. The Hall–Kier alpha value is -2.12. The number of nitrogen functional groups attached to an aromatic ring is 2. The third-order valence-electron chi connectivity index (χ3n) is 4.72. The number of hydrogen-bond acceptors (Lipinski definition) is 5. The van der Waals surface area contributed by atoms with Gasteiger partial charge in [-0.2, -0.15) is 0 Å². The maximum Gasteiger partial charge on any atom is 0.266 e. The quantitative estimate of drug-likeness (QED) is 0.784. The lowest BCUT2D eigenvalue weighted by molar-refractivity contribution is 0.0256. The fraction of sp³-hybridized carbons (Fsp3) is 0.625. The van der Waals surface area contributed by atoms with Crippen LogP contribution in [0.15, 0.2) is 6.07 Å². The van der Waals surface area contributed by atoms with E-state index in [9.17, 15) is 13.6 Å². The maximum atomic E-state index is 13.5. The number of nitrogens with one attached hydrogen (secondary N) is 1. The number of nitrogens with zero attached hydrogens (tertiary/aromatic N) is 2. The summed E-state index contributed by atoms with van der Waals surface area (Å²) in [5.74, 6) is -2.87. The van der Waals surface area contributed by atoms with Crippen LogP contribution in [0.25, 0.3) is 0 Å². The molecule has 1 aromatic rings. The maximum absolute atomic E-state index is 13.5. The number of halogens is 2. The summed E-state index contributed by atoms with van der Waals surface area (Å²) in [5.41, 5.74) is 11.9. The lowest BCUT2D eigenvalue weighted by Crippen LogP contribution is -2.37. The van der Waals surface area contributed by atoms with Crippen LogP contribution in [0, 0.1) is 0 Å². The van der Waals surface area contributed by atoms with Crippen molar-refractivity contribution in [3.63, 3.8) is 0 Å². The van der Waals surface area contributed by atoms with Gasteiger partial charge in [0.25, 0.3) is 11.8 Å². The summed E-state index contributed by atoms with van der Waals surface area (Å²) in [5, 5.41) is 2.98. The Balaban J connectivity index is 1.85. The molecule has 5 N–H and O–H groups in total. The van der Waals surface area contributed by atoms with E-state index < -0.39 is 12.5 Å². The monoisotopic (exact) mass is 339 g/mol. The van der Waals surface area contributed by atoms with Gasteiger partial charge in [-0.15, -0.1) is 0 Å². The minimum Gasteiger partial charge on any atom is -0.396 e. The van der Waals surface area contributed by atoms with Gasteiger partial charge in [-0.3, -0.25) is 4.79 Å². The molecule has 0 radical (unpaired) electrons. The zero-order chi connectivity index (χ0) is 17.3. The van der Waals surface area contributed by atoms with Crippen LogP contribution < -0.4 is 21.7 Å². The third kappa shape index (κ3) is 3.52. The van der Waals surface area contributed by atoms with Crippen LogP contribution in [0.5, 0.6) is 0 Å². The fourth-order valence-corrected chi connectivity index (χ4v) is 3.37. The van der Waals surface area contributed by atoms with Crippen molar-refractivity contribution in [2.75, 3.05) is 29.5 Å². The Bertz CT molecular complexity index is 631. The molecule has 8 heteroatoms. The van der Waals surface area contributed by atoms with Crippen LogP contribution in [0.1, 0.15) is 48.9 Å². The number of nitrogens with two attached hydrogens (primary N) is 2. The van der Waals surface area contributed by atoms with Crippen molar-refractivity contribution in [2.45, 2.75) is 50.5 Å². The number of anilines is 3. The molecule has 0 atom stereocenters. The fourth-order valence-electron chi connectivity index (χ4n) is 3.37. The van der Waals surface area contributed by atoms with Crippen LogP contribution in [-0.4, -0.2) is 35.9 Å². The van der Waals surface area contributed by atoms with E-state index in [0.29, 0.717) is 0 Å². The standard InChI is InChI=1S/C16H23F2N5O/c17-16(18)6-7-23(9-16)14-11(8-12(19)13(20)22-14)15(24)21-10-4-2-1-3-5-10/h8,10H,1-7,9,19H2,(H2,20,22)(H,21,24). The van der Waals surface area contributed by atoms with Crippen LogP contribution in [-0.2, 0) is 0 Å². The summed E-state index contributed by atoms with van der Waals surface area (Å²) < 4.78 is 27.1. The van der Waals surface area contributed by atoms with Crippen LogP contribution >= 0.6 is 0 Å². The summed E-state index contributed by atoms with van der Waals surface area (Å²) >= 11 is 0. The predicted molar refractivity (Wildman–Crippen MR) is 89.2 cm³/mol.